The number of aromatic hydroxyl groups is 1. The van der Waals surface area contributed by atoms with E-state index in [1.807, 2.05) is 39.0 Å². The van der Waals surface area contributed by atoms with Crippen molar-refractivity contribution in [3.8, 4) is 11.6 Å². The Balaban J connectivity index is 0.000000606. The van der Waals surface area contributed by atoms with Crippen LogP contribution in [0.1, 0.15) is 19.4 Å². The second-order valence-electron chi connectivity index (χ2n) is 3.21. The quantitative estimate of drug-likeness (QED) is 0.803. The number of aryl methyl sites for hydroxylation is 1. The van der Waals surface area contributed by atoms with Crippen molar-refractivity contribution in [2.24, 2.45) is 0 Å². The number of hydrogen-bond donors (Lipinski definition) is 1. The summed E-state index contributed by atoms with van der Waals surface area (Å²) in [5.74, 6) is 0.565. The molecule has 86 valence electrons. The lowest BCUT2D eigenvalue weighted by molar-refractivity contribution is -0.393. The second-order valence-corrected chi connectivity index (χ2v) is 3.21. The van der Waals surface area contributed by atoms with E-state index in [1.54, 1.807) is 13.3 Å². The summed E-state index contributed by atoms with van der Waals surface area (Å²) < 4.78 is 5.16. The van der Waals surface area contributed by atoms with Gasteiger partial charge < -0.3 is 9.84 Å². The van der Waals surface area contributed by atoms with Crippen LogP contribution in [0.4, 0.5) is 0 Å². The number of benzene rings is 1. The molecule has 3 heteroatoms. The van der Waals surface area contributed by atoms with Gasteiger partial charge >= 0.3 is 5.88 Å². The highest BCUT2D eigenvalue weighted by molar-refractivity contribution is 5.91. The summed E-state index contributed by atoms with van der Waals surface area (Å²) in [7, 11) is 1.55. The fraction of sp³-hybridized carbons (Fsp3) is 0.308. The maximum Gasteiger partial charge on any atom is 0.407 e. The van der Waals surface area contributed by atoms with E-state index in [-0.39, 0.29) is 5.88 Å². The van der Waals surface area contributed by atoms with Gasteiger partial charge in [-0.25, -0.2) is 0 Å². The first-order chi connectivity index (χ1) is 7.74. The number of fused-ring (bicyclic) bond motifs is 1. The normalized spacial score (nSPS) is 9.50. The Morgan fingerprint density at radius 3 is 2.56 bits per heavy atom. The van der Waals surface area contributed by atoms with Gasteiger partial charge in [0, 0.05) is 10.8 Å². The van der Waals surface area contributed by atoms with Crippen molar-refractivity contribution < 1.29 is 14.8 Å². The Hall–Kier alpha value is -1.77. The second kappa shape index (κ2) is 5.35. The fourth-order valence-corrected chi connectivity index (χ4v) is 1.65. The van der Waals surface area contributed by atoms with Gasteiger partial charge in [-0.1, -0.05) is 26.0 Å². The SMILES string of the molecule is CC.COc1c(O)[nH+]cc2cccc(C)c12. The van der Waals surface area contributed by atoms with E-state index in [9.17, 15) is 5.11 Å². The first-order valence-electron chi connectivity index (χ1n) is 5.41. The molecule has 1 aromatic carbocycles. The van der Waals surface area contributed by atoms with Crippen LogP contribution in [0.2, 0.25) is 0 Å². The molecule has 1 aromatic heterocycles. The van der Waals surface area contributed by atoms with Crippen molar-refractivity contribution in [1.29, 1.82) is 0 Å². The van der Waals surface area contributed by atoms with Crippen LogP contribution in [-0.4, -0.2) is 12.2 Å². The van der Waals surface area contributed by atoms with E-state index >= 15 is 0 Å². The third kappa shape index (κ3) is 2.08. The van der Waals surface area contributed by atoms with Crippen molar-refractivity contribution in [1.82, 2.24) is 0 Å². The number of ether oxygens (including phenoxy) is 1. The van der Waals surface area contributed by atoms with Gasteiger partial charge in [-0.2, -0.15) is 4.98 Å². The molecule has 0 aliphatic rings. The van der Waals surface area contributed by atoms with Gasteiger partial charge in [0.2, 0.25) is 5.75 Å². The third-order valence-electron chi connectivity index (χ3n) is 2.32. The molecule has 16 heavy (non-hydrogen) atoms. The summed E-state index contributed by atoms with van der Waals surface area (Å²) in [5.41, 5.74) is 1.09. The van der Waals surface area contributed by atoms with Crippen LogP contribution in [0.3, 0.4) is 0 Å². The van der Waals surface area contributed by atoms with Crippen LogP contribution in [0.15, 0.2) is 24.4 Å². The van der Waals surface area contributed by atoms with E-state index in [0.29, 0.717) is 5.75 Å². The summed E-state index contributed by atoms with van der Waals surface area (Å²) >= 11 is 0. The average Bonchev–Trinajstić information content (AvgIpc) is 2.33. The summed E-state index contributed by atoms with van der Waals surface area (Å²) in [6.45, 7) is 5.99. The average molecular weight is 220 g/mol. The predicted molar refractivity (Wildman–Crippen MR) is 64.8 cm³/mol. The van der Waals surface area contributed by atoms with Crippen molar-refractivity contribution >= 4 is 10.8 Å². The molecule has 0 amide bonds. The number of methoxy groups -OCH3 is 1. The van der Waals surface area contributed by atoms with Crippen LogP contribution in [0, 0.1) is 6.92 Å². The summed E-state index contributed by atoms with van der Waals surface area (Å²) in [4.78, 5) is 2.75. The topological polar surface area (TPSA) is 43.6 Å². The molecule has 2 N–H and O–H groups in total. The minimum absolute atomic E-state index is 0.0642. The molecule has 3 nitrogen and oxygen atoms in total. The van der Waals surface area contributed by atoms with Gasteiger partial charge in [-0.15, -0.1) is 0 Å². The fourth-order valence-electron chi connectivity index (χ4n) is 1.65. The van der Waals surface area contributed by atoms with E-state index in [0.717, 1.165) is 16.3 Å². The number of aromatic amines is 1. The molecule has 0 spiro atoms. The van der Waals surface area contributed by atoms with Gasteiger partial charge in [0.25, 0.3) is 0 Å². The van der Waals surface area contributed by atoms with Crippen molar-refractivity contribution in [3.05, 3.63) is 30.0 Å². The van der Waals surface area contributed by atoms with E-state index in [1.165, 1.54) is 0 Å². The Kier molecular flexibility index (Phi) is 4.11. The Bertz CT molecular complexity index is 481. The smallest absolute Gasteiger partial charge is 0.407 e. The molecule has 0 saturated heterocycles. The maximum absolute atomic E-state index is 9.55. The Morgan fingerprint density at radius 1 is 1.25 bits per heavy atom. The van der Waals surface area contributed by atoms with Crippen LogP contribution < -0.4 is 9.72 Å². The maximum atomic E-state index is 9.55. The molecule has 1 heterocycles. The van der Waals surface area contributed by atoms with Gasteiger partial charge in [-0.05, 0) is 18.6 Å². The van der Waals surface area contributed by atoms with Gasteiger partial charge in [0.05, 0.1) is 7.11 Å². The Labute approximate surface area is 95.7 Å². The Morgan fingerprint density at radius 2 is 1.94 bits per heavy atom. The monoisotopic (exact) mass is 220 g/mol. The zero-order valence-electron chi connectivity index (χ0n) is 10.2. The molecule has 0 fully saturated rings. The van der Waals surface area contributed by atoms with E-state index in [4.69, 9.17) is 4.74 Å². The van der Waals surface area contributed by atoms with Crippen LogP contribution in [-0.2, 0) is 0 Å². The minimum Gasteiger partial charge on any atom is -0.487 e. The van der Waals surface area contributed by atoms with Crippen molar-refractivity contribution in [3.63, 3.8) is 0 Å². The van der Waals surface area contributed by atoms with E-state index in [2.05, 4.69) is 4.98 Å². The number of aromatic nitrogens is 1. The molecule has 2 rings (SSSR count). The lowest BCUT2D eigenvalue weighted by Crippen LogP contribution is -2.04. The highest BCUT2D eigenvalue weighted by Gasteiger charge is 2.15. The predicted octanol–water partition coefficient (Wildman–Crippen LogP) is 2.70. The largest absolute Gasteiger partial charge is 0.487 e. The standard InChI is InChI=1S/C11H11NO2.C2H6/c1-7-4-3-5-8-6-12-11(13)10(14-2)9(7)8;1-2/h3-6H,1-2H3,(H,12,13);1-2H3/p+1. The summed E-state index contributed by atoms with van der Waals surface area (Å²) in [6, 6.07) is 5.94. The molecule has 0 atom stereocenters. The molecule has 0 bridgehead atoms. The van der Waals surface area contributed by atoms with Gasteiger partial charge in [0.15, 0.2) is 6.20 Å². The first kappa shape index (κ1) is 12.3. The first-order valence-corrected chi connectivity index (χ1v) is 5.41. The molecule has 0 unspecified atom stereocenters. The summed E-state index contributed by atoms with van der Waals surface area (Å²) in [6.07, 6.45) is 1.76. The van der Waals surface area contributed by atoms with Gasteiger partial charge in [0.1, 0.15) is 0 Å². The summed E-state index contributed by atoms with van der Waals surface area (Å²) in [5, 5.41) is 11.5. The van der Waals surface area contributed by atoms with Crippen LogP contribution >= 0.6 is 0 Å². The molecule has 0 aliphatic carbocycles. The molecule has 0 saturated carbocycles. The zero-order chi connectivity index (χ0) is 12.1. The van der Waals surface area contributed by atoms with Crippen LogP contribution in [0.25, 0.3) is 10.8 Å². The number of hydrogen-bond acceptors (Lipinski definition) is 2. The lowest BCUT2D eigenvalue weighted by atomic mass is 10.1. The minimum atomic E-state index is 0.0642. The molecule has 2 aromatic rings. The molecular formula is C13H18NO2+. The molecule has 0 radical (unpaired) electrons. The number of H-pyrrole nitrogens is 1. The molecular weight excluding hydrogens is 202 g/mol. The highest BCUT2D eigenvalue weighted by Crippen LogP contribution is 2.32. The number of pyridine rings is 1. The number of nitrogens with one attached hydrogen (secondary N) is 1. The lowest BCUT2D eigenvalue weighted by Gasteiger charge is -2.04. The van der Waals surface area contributed by atoms with Crippen molar-refractivity contribution in [2.45, 2.75) is 20.8 Å². The van der Waals surface area contributed by atoms with Crippen molar-refractivity contribution in [2.75, 3.05) is 7.11 Å². The van der Waals surface area contributed by atoms with Gasteiger partial charge in [-0.3, -0.25) is 0 Å². The highest BCUT2D eigenvalue weighted by atomic mass is 16.5. The van der Waals surface area contributed by atoms with E-state index < -0.39 is 0 Å². The zero-order valence-corrected chi connectivity index (χ0v) is 10.2. The molecule has 0 aliphatic heterocycles. The van der Waals surface area contributed by atoms with Crippen LogP contribution in [0.5, 0.6) is 11.6 Å². The number of rotatable bonds is 1. The third-order valence-corrected chi connectivity index (χ3v) is 2.32.